The molecule has 132 valence electrons. The fourth-order valence-electron chi connectivity index (χ4n) is 4.59. The lowest BCUT2D eigenvalue weighted by Crippen LogP contribution is -2.54. The summed E-state index contributed by atoms with van der Waals surface area (Å²) < 4.78 is 6.06. The third-order valence-corrected chi connectivity index (χ3v) is 7.11. The molecular formula is C16H31N5OS. The summed E-state index contributed by atoms with van der Waals surface area (Å²) in [5, 5.41) is 6.45. The van der Waals surface area contributed by atoms with Gasteiger partial charge < -0.3 is 10.1 Å². The molecule has 0 radical (unpaired) electrons. The lowest BCUT2D eigenvalue weighted by Gasteiger charge is -2.36. The van der Waals surface area contributed by atoms with E-state index in [-0.39, 0.29) is 0 Å². The molecule has 4 N–H and O–H groups in total. The van der Waals surface area contributed by atoms with E-state index < -0.39 is 0 Å². The molecule has 7 heteroatoms. The van der Waals surface area contributed by atoms with Crippen molar-refractivity contribution in [3.05, 3.63) is 0 Å². The Bertz CT molecular complexity index is 393. The van der Waals surface area contributed by atoms with E-state index in [0.717, 1.165) is 13.2 Å². The van der Waals surface area contributed by atoms with E-state index in [1.807, 2.05) is 11.8 Å². The maximum atomic E-state index is 6.06. The normalized spacial score (nSPS) is 45.3. The summed E-state index contributed by atoms with van der Waals surface area (Å²) in [4.78, 5) is 0. The molecule has 6 unspecified atom stereocenters. The lowest BCUT2D eigenvalue weighted by atomic mass is 9.86. The molecule has 0 aromatic heterocycles. The van der Waals surface area contributed by atoms with E-state index in [1.165, 1.54) is 45.1 Å². The number of fused-ring (bicyclic) bond motifs is 1. The molecule has 4 fully saturated rings. The molecule has 0 spiro atoms. The van der Waals surface area contributed by atoms with Gasteiger partial charge in [0.2, 0.25) is 0 Å². The van der Waals surface area contributed by atoms with Crippen LogP contribution in [0, 0.1) is 11.8 Å². The summed E-state index contributed by atoms with van der Waals surface area (Å²) >= 11 is 2.03. The smallest absolute Gasteiger partial charge is 0.136 e. The van der Waals surface area contributed by atoms with E-state index in [0.29, 0.717) is 35.0 Å². The predicted octanol–water partition coefficient (Wildman–Crippen LogP) is 1.18. The highest BCUT2D eigenvalue weighted by molar-refractivity contribution is 8.00. The van der Waals surface area contributed by atoms with Gasteiger partial charge in [0.1, 0.15) is 5.50 Å². The zero-order valence-corrected chi connectivity index (χ0v) is 14.9. The number of ether oxygens (including phenoxy) is 1. The van der Waals surface area contributed by atoms with Crippen molar-refractivity contribution >= 4 is 11.8 Å². The molecule has 0 aromatic rings. The Kier molecular flexibility index (Phi) is 5.44. The van der Waals surface area contributed by atoms with Crippen LogP contribution in [0.25, 0.3) is 0 Å². The SMILES string of the molecule is CCOC1CCCCC1C1NN2C(NNC2C2CCCNC2)S1. The highest BCUT2D eigenvalue weighted by Crippen LogP contribution is 2.40. The number of piperidine rings is 1. The Morgan fingerprint density at radius 1 is 1.13 bits per heavy atom. The van der Waals surface area contributed by atoms with Gasteiger partial charge in [-0.25, -0.2) is 16.3 Å². The van der Waals surface area contributed by atoms with Crippen molar-refractivity contribution in [2.24, 2.45) is 11.8 Å². The van der Waals surface area contributed by atoms with Gasteiger partial charge in [-0.05, 0) is 39.2 Å². The van der Waals surface area contributed by atoms with Crippen LogP contribution >= 0.6 is 11.8 Å². The van der Waals surface area contributed by atoms with Crippen LogP contribution in [0.4, 0.5) is 0 Å². The number of thioether (sulfide) groups is 1. The number of rotatable bonds is 4. The van der Waals surface area contributed by atoms with Crippen molar-refractivity contribution in [1.82, 2.24) is 26.6 Å². The average molecular weight is 342 g/mol. The molecule has 0 aromatic carbocycles. The van der Waals surface area contributed by atoms with E-state index in [1.54, 1.807) is 0 Å². The van der Waals surface area contributed by atoms with Gasteiger partial charge in [0.05, 0.1) is 17.6 Å². The number of hydrazine groups is 2. The summed E-state index contributed by atoms with van der Waals surface area (Å²) in [6.07, 6.45) is 8.59. The highest BCUT2D eigenvalue weighted by Gasteiger charge is 2.48. The number of nitrogens with zero attached hydrogens (tertiary/aromatic N) is 1. The maximum absolute atomic E-state index is 6.06. The first-order chi connectivity index (χ1) is 11.4. The van der Waals surface area contributed by atoms with E-state index in [4.69, 9.17) is 4.74 Å². The van der Waals surface area contributed by atoms with Crippen LogP contribution in [-0.2, 0) is 4.74 Å². The zero-order valence-electron chi connectivity index (χ0n) is 14.1. The molecule has 3 saturated heterocycles. The monoisotopic (exact) mass is 341 g/mol. The first-order valence-corrected chi connectivity index (χ1v) is 10.3. The Labute approximate surface area is 143 Å². The van der Waals surface area contributed by atoms with Crippen LogP contribution in [0.2, 0.25) is 0 Å². The standard InChI is InChI=1S/C16H31N5OS/c1-2-22-13-8-4-3-7-12(13)15-20-21-14(18-19-16(21)23-15)11-6-5-9-17-10-11/h11-20H,2-10H2,1H3. The first kappa shape index (κ1) is 16.6. The molecule has 3 aliphatic heterocycles. The molecule has 0 amide bonds. The second kappa shape index (κ2) is 7.56. The van der Waals surface area contributed by atoms with Crippen LogP contribution in [0.15, 0.2) is 0 Å². The molecule has 1 saturated carbocycles. The molecule has 6 atom stereocenters. The minimum atomic E-state index is 0.344. The molecule has 6 nitrogen and oxygen atoms in total. The van der Waals surface area contributed by atoms with Gasteiger partial charge in [0.25, 0.3) is 0 Å². The summed E-state index contributed by atoms with van der Waals surface area (Å²) in [6, 6.07) is 0. The fraction of sp³-hybridized carbons (Fsp3) is 1.00. The molecule has 3 heterocycles. The van der Waals surface area contributed by atoms with E-state index >= 15 is 0 Å². The van der Waals surface area contributed by atoms with Gasteiger partial charge in [0, 0.05) is 25.0 Å². The number of hydrogen-bond donors (Lipinski definition) is 4. The minimum absolute atomic E-state index is 0.344. The van der Waals surface area contributed by atoms with Crippen LogP contribution in [-0.4, -0.2) is 47.8 Å². The van der Waals surface area contributed by atoms with Crippen molar-refractivity contribution in [2.75, 3.05) is 19.7 Å². The second-order valence-corrected chi connectivity index (χ2v) is 8.45. The topological polar surface area (TPSA) is 60.6 Å². The lowest BCUT2D eigenvalue weighted by molar-refractivity contribution is -0.0166. The van der Waals surface area contributed by atoms with E-state index in [9.17, 15) is 0 Å². The third kappa shape index (κ3) is 3.42. The fourth-order valence-corrected chi connectivity index (χ4v) is 6.02. The summed E-state index contributed by atoms with van der Waals surface area (Å²) in [5.41, 5.74) is 11.2. The Hall–Kier alpha value is 0.110. The van der Waals surface area contributed by atoms with Gasteiger partial charge >= 0.3 is 0 Å². The predicted molar refractivity (Wildman–Crippen MR) is 93.2 cm³/mol. The summed E-state index contributed by atoms with van der Waals surface area (Å²) in [6.45, 7) is 5.24. The largest absolute Gasteiger partial charge is 0.378 e. The Balaban J connectivity index is 1.39. The molecular weight excluding hydrogens is 310 g/mol. The molecule has 1 aliphatic carbocycles. The average Bonchev–Trinajstić information content (AvgIpc) is 3.17. The van der Waals surface area contributed by atoms with Crippen LogP contribution < -0.4 is 21.6 Å². The quantitative estimate of drug-likeness (QED) is 0.612. The second-order valence-electron chi connectivity index (χ2n) is 7.23. The molecule has 4 aliphatic rings. The van der Waals surface area contributed by atoms with Gasteiger partial charge in [-0.15, -0.1) is 11.8 Å². The van der Waals surface area contributed by atoms with Crippen LogP contribution in [0.5, 0.6) is 0 Å². The maximum Gasteiger partial charge on any atom is 0.136 e. The summed E-state index contributed by atoms with van der Waals surface area (Å²) in [7, 11) is 0. The molecule has 23 heavy (non-hydrogen) atoms. The van der Waals surface area contributed by atoms with Crippen molar-refractivity contribution in [3.63, 3.8) is 0 Å². The van der Waals surface area contributed by atoms with Crippen molar-refractivity contribution < 1.29 is 4.74 Å². The van der Waals surface area contributed by atoms with Gasteiger partial charge in [-0.1, -0.05) is 12.8 Å². The van der Waals surface area contributed by atoms with Gasteiger partial charge in [0.15, 0.2) is 0 Å². The van der Waals surface area contributed by atoms with E-state index in [2.05, 4.69) is 33.5 Å². The minimum Gasteiger partial charge on any atom is -0.378 e. The van der Waals surface area contributed by atoms with Crippen molar-refractivity contribution in [2.45, 2.75) is 68.6 Å². The Morgan fingerprint density at radius 2 is 2.04 bits per heavy atom. The van der Waals surface area contributed by atoms with Crippen LogP contribution in [0.3, 0.4) is 0 Å². The van der Waals surface area contributed by atoms with Crippen molar-refractivity contribution in [1.29, 1.82) is 0 Å². The van der Waals surface area contributed by atoms with Gasteiger partial charge in [-0.2, -0.15) is 5.01 Å². The van der Waals surface area contributed by atoms with Crippen LogP contribution in [0.1, 0.15) is 45.4 Å². The Morgan fingerprint density at radius 3 is 2.87 bits per heavy atom. The zero-order chi connectivity index (χ0) is 15.6. The summed E-state index contributed by atoms with van der Waals surface area (Å²) in [5.74, 6) is 1.30. The van der Waals surface area contributed by atoms with Crippen molar-refractivity contribution in [3.8, 4) is 0 Å². The third-order valence-electron chi connectivity index (χ3n) is 5.76. The molecule has 0 bridgehead atoms. The first-order valence-electron chi connectivity index (χ1n) is 9.40. The highest BCUT2D eigenvalue weighted by atomic mass is 32.2. The van der Waals surface area contributed by atoms with Gasteiger partial charge in [-0.3, -0.25) is 0 Å². The molecule has 4 rings (SSSR count). The number of nitrogens with one attached hydrogen (secondary N) is 4. The number of hydrogen-bond acceptors (Lipinski definition) is 7.